The van der Waals surface area contributed by atoms with Crippen molar-refractivity contribution < 1.29 is 0 Å². The van der Waals surface area contributed by atoms with E-state index in [4.69, 9.17) is 12.2 Å². The van der Waals surface area contributed by atoms with Gasteiger partial charge in [0, 0.05) is 7.05 Å². The number of hydrogen-bond donors (Lipinski definition) is 1. The molecular weight excluding hydrogens is 168 g/mol. The summed E-state index contributed by atoms with van der Waals surface area (Å²) in [5.41, 5.74) is 4.12. The number of nitrogens with one attached hydrogen (secondary N) is 1. The van der Waals surface area contributed by atoms with Crippen LogP contribution in [0.3, 0.4) is 0 Å². The Morgan fingerprint density at radius 1 is 1.33 bits per heavy atom. The number of para-hydroxylation sites is 1. The molecule has 0 saturated carbocycles. The molecule has 1 rings (SSSR count). The summed E-state index contributed by atoms with van der Waals surface area (Å²) in [7, 11) is 1.94. The first-order valence-electron chi connectivity index (χ1n) is 3.76. The summed E-state index contributed by atoms with van der Waals surface area (Å²) in [6.07, 6.45) is 0. The van der Waals surface area contributed by atoms with Gasteiger partial charge >= 0.3 is 0 Å². The number of hydrazine groups is 1. The number of benzene rings is 1. The van der Waals surface area contributed by atoms with Crippen LogP contribution in [0.15, 0.2) is 30.3 Å². The Kier molecular flexibility index (Phi) is 3.05. The van der Waals surface area contributed by atoms with Crippen molar-refractivity contribution in [2.45, 2.75) is 6.92 Å². The molecule has 0 unspecified atom stereocenters. The first-order chi connectivity index (χ1) is 5.70. The van der Waals surface area contributed by atoms with Gasteiger partial charge in [0.1, 0.15) is 0 Å². The molecule has 0 radical (unpaired) electrons. The predicted molar refractivity (Wildman–Crippen MR) is 56.3 cm³/mol. The monoisotopic (exact) mass is 180 g/mol. The van der Waals surface area contributed by atoms with Gasteiger partial charge < -0.3 is 0 Å². The number of rotatable bonds is 2. The molecule has 0 bridgehead atoms. The van der Waals surface area contributed by atoms with Gasteiger partial charge in [-0.3, -0.25) is 10.4 Å². The summed E-state index contributed by atoms with van der Waals surface area (Å²) in [6.45, 7) is 1.86. The van der Waals surface area contributed by atoms with Crippen LogP contribution in [0.4, 0.5) is 5.69 Å². The number of anilines is 1. The number of hydrogen-bond acceptors (Lipinski definition) is 2. The van der Waals surface area contributed by atoms with Crippen LogP contribution >= 0.6 is 12.2 Å². The van der Waals surface area contributed by atoms with Crippen LogP contribution in [0.5, 0.6) is 0 Å². The fourth-order valence-corrected chi connectivity index (χ4v) is 1.09. The summed E-state index contributed by atoms with van der Waals surface area (Å²) in [5, 5.41) is 1.89. The van der Waals surface area contributed by atoms with E-state index in [9.17, 15) is 0 Å². The lowest BCUT2D eigenvalue weighted by Crippen LogP contribution is -2.36. The van der Waals surface area contributed by atoms with E-state index in [-0.39, 0.29) is 0 Å². The highest BCUT2D eigenvalue weighted by Gasteiger charge is 1.96. The summed E-state index contributed by atoms with van der Waals surface area (Å²) in [5.74, 6) is 0. The molecule has 64 valence electrons. The van der Waals surface area contributed by atoms with E-state index in [1.54, 1.807) is 0 Å². The van der Waals surface area contributed by atoms with E-state index in [0.29, 0.717) is 0 Å². The lowest BCUT2D eigenvalue weighted by atomic mass is 10.3. The van der Waals surface area contributed by atoms with E-state index in [0.717, 1.165) is 10.7 Å². The van der Waals surface area contributed by atoms with E-state index in [1.165, 1.54) is 0 Å². The minimum absolute atomic E-state index is 0.765. The number of thiocarbonyl (C=S) groups is 1. The zero-order valence-corrected chi connectivity index (χ0v) is 8.06. The van der Waals surface area contributed by atoms with E-state index in [2.05, 4.69) is 5.43 Å². The van der Waals surface area contributed by atoms with Crippen molar-refractivity contribution in [1.82, 2.24) is 5.43 Å². The molecule has 0 heterocycles. The average molecular weight is 180 g/mol. The molecule has 1 aromatic carbocycles. The molecule has 0 atom stereocenters. The van der Waals surface area contributed by atoms with Gasteiger partial charge in [0.05, 0.1) is 10.7 Å². The highest BCUT2D eigenvalue weighted by Crippen LogP contribution is 2.07. The molecule has 2 nitrogen and oxygen atoms in total. The normalized spacial score (nSPS) is 9.17. The molecular formula is C9H12N2S. The molecule has 0 saturated heterocycles. The molecule has 3 heteroatoms. The Bertz CT molecular complexity index is 258. The van der Waals surface area contributed by atoms with Gasteiger partial charge in [-0.1, -0.05) is 30.4 Å². The van der Waals surface area contributed by atoms with E-state index in [1.807, 2.05) is 49.3 Å². The standard InChI is InChI=1S/C9H12N2S/c1-8(12)10-11(2)9-6-4-3-5-7-9/h3-7H,1-2H3,(H,10,12). The lowest BCUT2D eigenvalue weighted by Gasteiger charge is -2.20. The maximum atomic E-state index is 4.92. The van der Waals surface area contributed by atoms with Crippen LogP contribution in [0, 0.1) is 0 Å². The van der Waals surface area contributed by atoms with Crippen LogP contribution in [-0.4, -0.2) is 12.0 Å². The Morgan fingerprint density at radius 2 is 1.92 bits per heavy atom. The minimum Gasteiger partial charge on any atom is -0.292 e. The second-order valence-electron chi connectivity index (χ2n) is 2.56. The van der Waals surface area contributed by atoms with Crippen molar-refractivity contribution in [3.05, 3.63) is 30.3 Å². The van der Waals surface area contributed by atoms with Gasteiger partial charge in [0.15, 0.2) is 0 Å². The summed E-state index contributed by atoms with van der Waals surface area (Å²) < 4.78 is 0. The quantitative estimate of drug-likeness (QED) is 0.553. The highest BCUT2D eigenvalue weighted by atomic mass is 32.1. The van der Waals surface area contributed by atoms with Crippen molar-refractivity contribution in [2.24, 2.45) is 0 Å². The molecule has 1 N–H and O–H groups in total. The predicted octanol–water partition coefficient (Wildman–Crippen LogP) is 1.97. The molecule has 0 fully saturated rings. The van der Waals surface area contributed by atoms with Crippen molar-refractivity contribution >= 4 is 22.9 Å². The zero-order valence-electron chi connectivity index (χ0n) is 7.24. The largest absolute Gasteiger partial charge is 0.292 e. The Hall–Kier alpha value is -1.09. The van der Waals surface area contributed by atoms with Crippen molar-refractivity contribution in [3.8, 4) is 0 Å². The van der Waals surface area contributed by atoms with Gasteiger partial charge in [-0.2, -0.15) is 0 Å². The first-order valence-corrected chi connectivity index (χ1v) is 4.17. The second kappa shape index (κ2) is 4.07. The molecule has 12 heavy (non-hydrogen) atoms. The van der Waals surface area contributed by atoms with Crippen LogP contribution < -0.4 is 10.4 Å². The Labute approximate surface area is 78.2 Å². The minimum atomic E-state index is 0.765. The Morgan fingerprint density at radius 3 is 2.42 bits per heavy atom. The van der Waals surface area contributed by atoms with E-state index < -0.39 is 0 Å². The average Bonchev–Trinajstić information content (AvgIpc) is 2.05. The molecule has 0 spiro atoms. The first kappa shape index (κ1) is 9.00. The van der Waals surface area contributed by atoms with E-state index >= 15 is 0 Å². The van der Waals surface area contributed by atoms with Gasteiger partial charge in [-0.15, -0.1) is 0 Å². The fourth-order valence-electron chi connectivity index (χ4n) is 0.952. The number of nitrogens with zero attached hydrogens (tertiary/aromatic N) is 1. The third-order valence-corrected chi connectivity index (χ3v) is 1.56. The van der Waals surface area contributed by atoms with Gasteiger partial charge in [-0.05, 0) is 19.1 Å². The lowest BCUT2D eigenvalue weighted by molar-refractivity contribution is 0.887. The molecule has 0 aliphatic carbocycles. The molecule has 0 aliphatic rings. The SMILES string of the molecule is CC(=S)NN(C)c1ccccc1. The maximum Gasteiger partial charge on any atom is 0.0911 e. The van der Waals surface area contributed by atoms with Gasteiger partial charge in [0.25, 0.3) is 0 Å². The summed E-state index contributed by atoms with van der Waals surface area (Å²) in [4.78, 5) is 0.765. The van der Waals surface area contributed by atoms with Gasteiger partial charge in [0.2, 0.25) is 0 Å². The van der Waals surface area contributed by atoms with Crippen molar-refractivity contribution in [1.29, 1.82) is 0 Å². The maximum absolute atomic E-state index is 4.92. The summed E-state index contributed by atoms with van der Waals surface area (Å²) >= 11 is 4.92. The van der Waals surface area contributed by atoms with Crippen molar-refractivity contribution in [2.75, 3.05) is 12.1 Å². The highest BCUT2D eigenvalue weighted by molar-refractivity contribution is 7.80. The molecule has 0 amide bonds. The zero-order chi connectivity index (χ0) is 8.97. The Balaban J connectivity index is 2.65. The third-order valence-electron chi connectivity index (χ3n) is 1.47. The fraction of sp³-hybridized carbons (Fsp3) is 0.222. The van der Waals surface area contributed by atoms with Crippen LogP contribution in [0.2, 0.25) is 0 Å². The van der Waals surface area contributed by atoms with Crippen LogP contribution in [0.25, 0.3) is 0 Å². The second-order valence-corrected chi connectivity index (χ2v) is 3.17. The third kappa shape index (κ3) is 2.51. The smallest absolute Gasteiger partial charge is 0.0911 e. The topological polar surface area (TPSA) is 15.3 Å². The van der Waals surface area contributed by atoms with Gasteiger partial charge in [-0.25, -0.2) is 0 Å². The molecule has 1 aromatic rings. The molecule has 0 aromatic heterocycles. The van der Waals surface area contributed by atoms with Crippen molar-refractivity contribution in [3.63, 3.8) is 0 Å². The summed E-state index contributed by atoms with van der Waals surface area (Å²) in [6, 6.07) is 10.0. The van der Waals surface area contributed by atoms with Crippen LogP contribution in [0.1, 0.15) is 6.92 Å². The molecule has 0 aliphatic heterocycles. The van der Waals surface area contributed by atoms with Crippen LogP contribution in [-0.2, 0) is 0 Å².